The zero-order chi connectivity index (χ0) is 16.4. The van der Waals surface area contributed by atoms with Gasteiger partial charge in [0.1, 0.15) is 0 Å². The Bertz CT molecular complexity index is 619. The molecule has 2 amide bonds. The zero-order valence-electron chi connectivity index (χ0n) is 13.6. The highest BCUT2D eigenvalue weighted by Crippen LogP contribution is 2.33. The second-order valence-corrected chi connectivity index (χ2v) is 6.03. The van der Waals surface area contributed by atoms with Crippen molar-refractivity contribution < 1.29 is 19.1 Å². The van der Waals surface area contributed by atoms with Gasteiger partial charge in [-0.15, -0.1) is 0 Å². The number of rotatable bonds is 3. The lowest BCUT2D eigenvalue weighted by molar-refractivity contribution is -0.138. The Morgan fingerprint density at radius 3 is 2.48 bits per heavy atom. The minimum atomic E-state index is -0.102. The van der Waals surface area contributed by atoms with Crippen molar-refractivity contribution in [2.24, 2.45) is 5.92 Å². The number of benzene rings is 1. The van der Waals surface area contributed by atoms with Crippen LogP contribution in [0.3, 0.4) is 0 Å². The van der Waals surface area contributed by atoms with E-state index in [9.17, 15) is 9.59 Å². The summed E-state index contributed by atoms with van der Waals surface area (Å²) >= 11 is 0. The van der Waals surface area contributed by atoms with Crippen molar-refractivity contribution in [3.8, 4) is 11.5 Å². The van der Waals surface area contributed by atoms with Crippen molar-refractivity contribution in [1.82, 2.24) is 10.2 Å². The maximum Gasteiger partial charge on any atom is 0.227 e. The highest BCUT2D eigenvalue weighted by atomic mass is 16.5. The number of amides is 2. The van der Waals surface area contributed by atoms with E-state index in [1.54, 1.807) is 14.2 Å². The fraction of sp³-hybridized carbons (Fsp3) is 0.529. The summed E-state index contributed by atoms with van der Waals surface area (Å²) in [5.74, 6) is 1.47. The Morgan fingerprint density at radius 2 is 1.87 bits per heavy atom. The van der Waals surface area contributed by atoms with Gasteiger partial charge in [-0.25, -0.2) is 0 Å². The predicted octanol–water partition coefficient (Wildman–Crippen LogP) is 1.11. The van der Waals surface area contributed by atoms with E-state index in [1.165, 1.54) is 5.56 Å². The van der Waals surface area contributed by atoms with Crippen LogP contribution in [0, 0.1) is 5.92 Å². The number of piperidine rings is 1. The molecule has 0 saturated carbocycles. The lowest BCUT2D eigenvalue weighted by Gasteiger charge is -2.33. The molecule has 2 aliphatic rings. The number of carbonyl (C=O) groups excluding carboxylic acids is 2. The highest BCUT2D eigenvalue weighted by molar-refractivity contribution is 5.84. The summed E-state index contributed by atoms with van der Waals surface area (Å²) in [6, 6.07) is 3.95. The summed E-state index contributed by atoms with van der Waals surface area (Å²) < 4.78 is 10.7. The van der Waals surface area contributed by atoms with Gasteiger partial charge in [0.05, 0.1) is 20.1 Å². The molecule has 2 heterocycles. The predicted molar refractivity (Wildman–Crippen MR) is 84.4 cm³/mol. The van der Waals surface area contributed by atoms with E-state index >= 15 is 0 Å². The third kappa shape index (κ3) is 3.11. The van der Waals surface area contributed by atoms with Crippen LogP contribution in [0.15, 0.2) is 12.1 Å². The molecule has 1 N–H and O–H groups in total. The number of ether oxygens (including phenoxy) is 2. The fourth-order valence-electron chi connectivity index (χ4n) is 3.27. The van der Waals surface area contributed by atoms with Gasteiger partial charge in [-0.3, -0.25) is 9.59 Å². The molecule has 1 atom stereocenters. The van der Waals surface area contributed by atoms with Crippen LogP contribution in [0.2, 0.25) is 0 Å². The molecule has 0 bridgehead atoms. The van der Waals surface area contributed by atoms with Crippen LogP contribution in [0.4, 0.5) is 0 Å². The number of fused-ring (bicyclic) bond motifs is 1. The molecule has 1 aromatic rings. The minimum absolute atomic E-state index is 0.0369. The number of hydrogen-bond acceptors (Lipinski definition) is 4. The van der Waals surface area contributed by atoms with Gasteiger partial charge in [0.2, 0.25) is 11.8 Å². The molecule has 0 radical (unpaired) electrons. The summed E-state index contributed by atoms with van der Waals surface area (Å²) in [4.78, 5) is 25.8. The van der Waals surface area contributed by atoms with Crippen molar-refractivity contribution in [2.45, 2.75) is 25.8 Å². The number of nitrogens with one attached hydrogen (secondary N) is 1. The van der Waals surface area contributed by atoms with Crippen LogP contribution >= 0.6 is 0 Å². The topological polar surface area (TPSA) is 67.9 Å². The first-order valence-electron chi connectivity index (χ1n) is 7.91. The molecule has 0 aromatic heterocycles. The molecule has 1 fully saturated rings. The smallest absolute Gasteiger partial charge is 0.227 e. The van der Waals surface area contributed by atoms with E-state index in [1.807, 2.05) is 17.0 Å². The third-order valence-corrected chi connectivity index (χ3v) is 4.64. The molecule has 0 unspecified atom stereocenters. The van der Waals surface area contributed by atoms with Crippen molar-refractivity contribution >= 4 is 11.8 Å². The molecule has 3 rings (SSSR count). The standard InChI is InChI=1S/C17H22N2O4/c1-22-14-7-11-5-6-19(10-13(11)8-15(14)23-2)17(21)12-3-4-16(20)18-9-12/h7-8,12H,3-6,9-10H2,1-2H3,(H,18,20)/t12-/m1/s1. The van der Waals surface area contributed by atoms with E-state index < -0.39 is 0 Å². The first-order chi connectivity index (χ1) is 11.1. The van der Waals surface area contributed by atoms with Crippen molar-refractivity contribution in [2.75, 3.05) is 27.3 Å². The normalized spacial score (nSPS) is 20.5. The van der Waals surface area contributed by atoms with Crippen LogP contribution < -0.4 is 14.8 Å². The number of nitrogens with zero attached hydrogens (tertiary/aromatic N) is 1. The largest absolute Gasteiger partial charge is 0.493 e. The monoisotopic (exact) mass is 318 g/mol. The van der Waals surface area contributed by atoms with E-state index in [0.29, 0.717) is 38.2 Å². The Hall–Kier alpha value is -2.24. The van der Waals surface area contributed by atoms with Crippen LogP contribution in [0.1, 0.15) is 24.0 Å². The van der Waals surface area contributed by atoms with Gasteiger partial charge in [0, 0.05) is 26.1 Å². The van der Waals surface area contributed by atoms with Crippen LogP contribution in [-0.2, 0) is 22.6 Å². The molecule has 6 heteroatoms. The first kappa shape index (κ1) is 15.6. The molecule has 23 heavy (non-hydrogen) atoms. The van der Waals surface area contributed by atoms with Crippen LogP contribution in [0.5, 0.6) is 11.5 Å². The van der Waals surface area contributed by atoms with Gasteiger partial charge in [0.15, 0.2) is 11.5 Å². The average molecular weight is 318 g/mol. The quantitative estimate of drug-likeness (QED) is 0.907. The van der Waals surface area contributed by atoms with Gasteiger partial charge in [-0.2, -0.15) is 0 Å². The number of carbonyl (C=O) groups is 2. The number of hydrogen-bond donors (Lipinski definition) is 1. The lowest BCUT2D eigenvalue weighted by Crippen LogP contribution is -2.46. The van der Waals surface area contributed by atoms with Crippen molar-refractivity contribution in [3.05, 3.63) is 23.3 Å². The second kappa shape index (κ2) is 6.48. The molecule has 0 aliphatic carbocycles. The van der Waals surface area contributed by atoms with Gasteiger partial charge in [0.25, 0.3) is 0 Å². The Balaban J connectivity index is 1.74. The Morgan fingerprint density at radius 1 is 1.17 bits per heavy atom. The molecular formula is C17H22N2O4. The Kier molecular flexibility index (Phi) is 4.41. The van der Waals surface area contributed by atoms with Crippen molar-refractivity contribution in [3.63, 3.8) is 0 Å². The zero-order valence-corrected chi connectivity index (χ0v) is 13.6. The molecule has 2 aliphatic heterocycles. The maximum absolute atomic E-state index is 12.7. The average Bonchev–Trinajstić information content (AvgIpc) is 2.60. The summed E-state index contributed by atoms with van der Waals surface area (Å²) in [6.07, 6.45) is 1.88. The van der Waals surface area contributed by atoms with Gasteiger partial charge >= 0.3 is 0 Å². The van der Waals surface area contributed by atoms with Crippen LogP contribution in [-0.4, -0.2) is 44.0 Å². The summed E-state index contributed by atoms with van der Waals surface area (Å²) in [5, 5.41) is 2.78. The molecular weight excluding hydrogens is 296 g/mol. The number of methoxy groups -OCH3 is 2. The molecule has 0 spiro atoms. The summed E-state index contributed by atoms with van der Waals surface area (Å²) in [6.45, 7) is 1.73. The minimum Gasteiger partial charge on any atom is -0.493 e. The Labute approximate surface area is 135 Å². The molecule has 124 valence electrons. The van der Waals surface area contributed by atoms with Gasteiger partial charge in [-0.05, 0) is 36.1 Å². The van der Waals surface area contributed by atoms with Gasteiger partial charge in [-0.1, -0.05) is 0 Å². The molecule has 1 saturated heterocycles. The SMILES string of the molecule is COc1cc2c(cc1OC)CN(C(=O)[C@@H]1CCC(=O)NC1)CC2. The summed E-state index contributed by atoms with van der Waals surface area (Å²) in [7, 11) is 3.24. The van der Waals surface area contributed by atoms with Crippen LogP contribution in [0.25, 0.3) is 0 Å². The lowest BCUT2D eigenvalue weighted by atomic mass is 9.94. The highest BCUT2D eigenvalue weighted by Gasteiger charge is 2.30. The van der Waals surface area contributed by atoms with Gasteiger partial charge < -0.3 is 19.7 Å². The van der Waals surface area contributed by atoms with E-state index in [4.69, 9.17) is 9.47 Å². The molecule has 1 aromatic carbocycles. The maximum atomic E-state index is 12.7. The second-order valence-electron chi connectivity index (χ2n) is 6.03. The van der Waals surface area contributed by atoms with Crippen molar-refractivity contribution in [1.29, 1.82) is 0 Å². The first-order valence-corrected chi connectivity index (χ1v) is 7.91. The van der Waals surface area contributed by atoms with E-state index in [0.717, 1.165) is 17.7 Å². The van der Waals surface area contributed by atoms with E-state index in [2.05, 4.69) is 5.32 Å². The molecule has 6 nitrogen and oxygen atoms in total. The third-order valence-electron chi connectivity index (χ3n) is 4.64. The summed E-state index contributed by atoms with van der Waals surface area (Å²) in [5.41, 5.74) is 2.30. The van der Waals surface area contributed by atoms with E-state index in [-0.39, 0.29) is 17.7 Å². The fourth-order valence-corrected chi connectivity index (χ4v) is 3.27.